The maximum absolute atomic E-state index is 3.75. The standard InChI is InChI=1S/C16H26N2S/c1-3-11-18(4-2)12-10-17-15-9-13-19-16-8-6-5-7-14(15)16/h5-8,15,17H,3-4,9-13H2,1-2H3. The molecule has 1 aromatic carbocycles. The summed E-state index contributed by atoms with van der Waals surface area (Å²) >= 11 is 1.99. The van der Waals surface area contributed by atoms with Gasteiger partial charge >= 0.3 is 0 Å². The van der Waals surface area contributed by atoms with E-state index in [1.807, 2.05) is 11.8 Å². The number of benzene rings is 1. The van der Waals surface area contributed by atoms with Crippen molar-refractivity contribution in [3.8, 4) is 0 Å². The number of fused-ring (bicyclic) bond motifs is 1. The second kappa shape index (κ2) is 7.93. The van der Waals surface area contributed by atoms with Gasteiger partial charge in [-0.1, -0.05) is 32.0 Å². The van der Waals surface area contributed by atoms with E-state index >= 15 is 0 Å². The number of rotatable bonds is 7. The van der Waals surface area contributed by atoms with Crippen LogP contribution in [0.15, 0.2) is 29.2 Å². The highest BCUT2D eigenvalue weighted by Gasteiger charge is 2.19. The molecule has 1 aliphatic rings. The molecule has 0 bridgehead atoms. The summed E-state index contributed by atoms with van der Waals surface area (Å²) in [6, 6.07) is 9.40. The zero-order valence-electron chi connectivity index (χ0n) is 12.2. The molecule has 0 radical (unpaired) electrons. The summed E-state index contributed by atoms with van der Waals surface area (Å²) in [7, 11) is 0. The van der Waals surface area contributed by atoms with Crippen molar-refractivity contribution in [2.75, 3.05) is 31.9 Å². The molecule has 1 unspecified atom stereocenters. The van der Waals surface area contributed by atoms with E-state index in [0.29, 0.717) is 6.04 Å². The molecule has 0 aliphatic carbocycles. The van der Waals surface area contributed by atoms with Crippen molar-refractivity contribution < 1.29 is 0 Å². The third kappa shape index (κ3) is 4.23. The summed E-state index contributed by atoms with van der Waals surface area (Å²) in [4.78, 5) is 3.99. The van der Waals surface area contributed by atoms with Crippen LogP contribution in [0.5, 0.6) is 0 Å². The average molecular weight is 278 g/mol. The van der Waals surface area contributed by atoms with Crippen LogP contribution in [0, 0.1) is 0 Å². The van der Waals surface area contributed by atoms with Gasteiger partial charge in [0.15, 0.2) is 0 Å². The number of thioether (sulfide) groups is 1. The molecule has 2 rings (SSSR count). The Labute approximate surface area is 122 Å². The third-order valence-corrected chi connectivity index (χ3v) is 4.89. The van der Waals surface area contributed by atoms with Gasteiger partial charge in [0.05, 0.1) is 0 Å². The number of likely N-dealkylation sites (N-methyl/N-ethyl adjacent to an activating group) is 1. The first-order valence-electron chi connectivity index (χ1n) is 7.52. The highest BCUT2D eigenvalue weighted by molar-refractivity contribution is 7.99. The minimum atomic E-state index is 0.554. The van der Waals surface area contributed by atoms with Crippen molar-refractivity contribution in [2.45, 2.75) is 37.6 Å². The minimum absolute atomic E-state index is 0.554. The van der Waals surface area contributed by atoms with Crippen molar-refractivity contribution in [1.29, 1.82) is 0 Å². The van der Waals surface area contributed by atoms with Gasteiger partial charge in [0, 0.05) is 24.0 Å². The van der Waals surface area contributed by atoms with E-state index in [1.54, 1.807) is 0 Å². The molecular weight excluding hydrogens is 252 g/mol. The zero-order chi connectivity index (χ0) is 13.5. The van der Waals surface area contributed by atoms with Gasteiger partial charge in [-0.05, 0) is 43.3 Å². The molecule has 0 saturated heterocycles. The smallest absolute Gasteiger partial charge is 0.0339 e. The Morgan fingerprint density at radius 3 is 2.89 bits per heavy atom. The lowest BCUT2D eigenvalue weighted by Crippen LogP contribution is -2.35. The first kappa shape index (κ1) is 14.9. The van der Waals surface area contributed by atoms with E-state index < -0.39 is 0 Å². The lowest BCUT2D eigenvalue weighted by molar-refractivity contribution is 0.281. The maximum atomic E-state index is 3.75. The summed E-state index contributed by atoms with van der Waals surface area (Å²) in [5.74, 6) is 1.24. The van der Waals surface area contributed by atoms with Crippen LogP contribution in [-0.4, -0.2) is 36.8 Å². The molecule has 1 N–H and O–H groups in total. The monoisotopic (exact) mass is 278 g/mol. The van der Waals surface area contributed by atoms with Crippen LogP contribution in [0.4, 0.5) is 0 Å². The molecule has 1 aliphatic heterocycles. The van der Waals surface area contributed by atoms with E-state index in [4.69, 9.17) is 0 Å². The zero-order valence-corrected chi connectivity index (χ0v) is 13.0. The number of nitrogens with zero attached hydrogens (tertiary/aromatic N) is 1. The summed E-state index contributed by atoms with van der Waals surface area (Å²) in [6.07, 6.45) is 2.50. The first-order valence-corrected chi connectivity index (χ1v) is 8.51. The van der Waals surface area contributed by atoms with E-state index in [-0.39, 0.29) is 0 Å². The fourth-order valence-corrected chi connectivity index (χ4v) is 3.82. The van der Waals surface area contributed by atoms with Crippen LogP contribution in [0.1, 0.15) is 38.3 Å². The van der Waals surface area contributed by atoms with Gasteiger partial charge in [-0.25, -0.2) is 0 Å². The molecule has 19 heavy (non-hydrogen) atoms. The Balaban J connectivity index is 1.84. The average Bonchev–Trinajstić information content (AvgIpc) is 2.46. The van der Waals surface area contributed by atoms with Gasteiger partial charge in [0.25, 0.3) is 0 Å². The van der Waals surface area contributed by atoms with Crippen molar-refractivity contribution in [1.82, 2.24) is 10.2 Å². The first-order chi connectivity index (χ1) is 9.35. The van der Waals surface area contributed by atoms with Gasteiger partial charge in [-0.2, -0.15) is 0 Å². The van der Waals surface area contributed by atoms with Gasteiger partial charge in [-0.3, -0.25) is 0 Å². The molecule has 0 fully saturated rings. The van der Waals surface area contributed by atoms with Crippen LogP contribution in [0.25, 0.3) is 0 Å². The predicted molar refractivity (Wildman–Crippen MR) is 84.9 cm³/mol. The van der Waals surface area contributed by atoms with E-state index in [9.17, 15) is 0 Å². The summed E-state index contributed by atoms with van der Waals surface area (Å²) in [6.45, 7) is 9.14. The SMILES string of the molecule is CCCN(CC)CCNC1CCSc2ccccc21. The Kier molecular flexibility index (Phi) is 6.21. The Morgan fingerprint density at radius 2 is 2.11 bits per heavy atom. The van der Waals surface area contributed by atoms with Crippen LogP contribution in [0.2, 0.25) is 0 Å². The Morgan fingerprint density at radius 1 is 1.26 bits per heavy atom. The molecule has 0 spiro atoms. The molecular formula is C16H26N2S. The molecule has 0 aromatic heterocycles. The van der Waals surface area contributed by atoms with E-state index in [0.717, 1.165) is 19.6 Å². The molecule has 1 heterocycles. The molecule has 1 aromatic rings. The largest absolute Gasteiger partial charge is 0.309 e. The predicted octanol–water partition coefficient (Wildman–Crippen LogP) is 3.55. The molecule has 3 heteroatoms. The van der Waals surface area contributed by atoms with Crippen LogP contribution in [0.3, 0.4) is 0 Å². The van der Waals surface area contributed by atoms with Crippen molar-refractivity contribution >= 4 is 11.8 Å². The lowest BCUT2D eigenvalue weighted by atomic mass is 10.0. The number of hydrogen-bond donors (Lipinski definition) is 1. The molecule has 0 saturated carbocycles. The molecule has 106 valence electrons. The molecule has 2 nitrogen and oxygen atoms in total. The summed E-state index contributed by atoms with van der Waals surface area (Å²) < 4.78 is 0. The fourth-order valence-electron chi connectivity index (χ4n) is 2.70. The third-order valence-electron chi connectivity index (χ3n) is 3.76. The number of hydrogen-bond acceptors (Lipinski definition) is 3. The summed E-state index contributed by atoms with van der Waals surface area (Å²) in [5.41, 5.74) is 1.50. The minimum Gasteiger partial charge on any atom is -0.309 e. The van der Waals surface area contributed by atoms with Crippen molar-refractivity contribution in [2.24, 2.45) is 0 Å². The van der Waals surface area contributed by atoms with E-state index in [2.05, 4.69) is 48.3 Å². The second-order valence-corrected chi connectivity index (χ2v) is 6.25. The van der Waals surface area contributed by atoms with Gasteiger partial charge in [0.1, 0.15) is 0 Å². The topological polar surface area (TPSA) is 15.3 Å². The highest BCUT2D eigenvalue weighted by Crippen LogP contribution is 2.35. The number of nitrogens with one attached hydrogen (secondary N) is 1. The van der Waals surface area contributed by atoms with Gasteiger partial charge in [0.2, 0.25) is 0 Å². The molecule has 1 atom stereocenters. The van der Waals surface area contributed by atoms with Gasteiger partial charge in [-0.15, -0.1) is 11.8 Å². The van der Waals surface area contributed by atoms with E-state index in [1.165, 1.54) is 35.6 Å². The van der Waals surface area contributed by atoms with Crippen molar-refractivity contribution in [3.63, 3.8) is 0 Å². The maximum Gasteiger partial charge on any atom is 0.0339 e. The quantitative estimate of drug-likeness (QED) is 0.821. The fraction of sp³-hybridized carbons (Fsp3) is 0.625. The Bertz CT molecular complexity index is 381. The lowest BCUT2D eigenvalue weighted by Gasteiger charge is -2.27. The highest BCUT2D eigenvalue weighted by atomic mass is 32.2. The van der Waals surface area contributed by atoms with Crippen molar-refractivity contribution in [3.05, 3.63) is 29.8 Å². The molecule has 0 amide bonds. The summed E-state index contributed by atoms with van der Waals surface area (Å²) in [5, 5.41) is 3.75. The van der Waals surface area contributed by atoms with Crippen LogP contribution >= 0.6 is 11.8 Å². The van der Waals surface area contributed by atoms with Gasteiger partial charge < -0.3 is 10.2 Å². The normalized spacial score (nSPS) is 18.6. The second-order valence-electron chi connectivity index (χ2n) is 5.12. The van der Waals surface area contributed by atoms with Crippen LogP contribution in [-0.2, 0) is 0 Å². The van der Waals surface area contributed by atoms with Crippen LogP contribution < -0.4 is 5.32 Å². The Hall–Kier alpha value is -0.510.